The van der Waals surface area contributed by atoms with Crippen molar-refractivity contribution in [2.75, 3.05) is 6.61 Å². The van der Waals surface area contributed by atoms with Crippen molar-refractivity contribution in [2.24, 2.45) is 4.99 Å². The van der Waals surface area contributed by atoms with Gasteiger partial charge in [-0.25, -0.2) is 4.99 Å². The zero-order chi connectivity index (χ0) is 19.5. The number of thioether (sulfide) groups is 1. The van der Waals surface area contributed by atoms with E-state index >= 15 is 0 Å². The zero-order valence-corrected chi connectivity index (χ0v) is 16.7. The summed E-state index contributed by atoms with van der Waals surface area (Å²) >= 11 is 7.42. The predicted octanol–water partition coefficient (Wildman–Crippen LogP) is 5.78. The summed E-state index contributed by atoms with van der Waals surface area (Å²) in [6.45, 7) is 2.45. The van der Waals surface area contributed by atoms with Crippen molar-refractivity contribution in [3.63, 3.8) is 0 Å². The third kappa shape index (κ3) is 3.91. The minimum absolute atomic E-state index is 0.189. The van der Waals surface area contributed by atoms with Crippen molar-refractivity contribution >= 4 is 57.0 Å². The van der Waals surface area contributed by atoms with Gasteiger partial charge in [0.1, 0.15) is 5.75 Å². The number of benzene rings is 3. The zero-order valence-electron chi connectivity index (χ0n) is 15.1. The lowest BCUT2D eigenvalue weighted by atomic mass is 10.1. The second kappa shape index (κ2) is 8.09. The highest BCUT2D eigenvalue weighted by Gasteiger charge is 2.24. The van der Waals surface area contributed by atoms with Crippen LogP contribution in [0, 0.1) is 0 Å². The smallest absolute Gasteiger partial charge is 0.264 e. The summed E-state index contributed by atoms with van der Waals surface area (Å²) in [4.78, 5) is 17.6. The molecule has 1 aliphatic heterocycles. The van der Waals surface area contributed by atoms with Crippen LogP contribution in [0.5, 0.6) is 5.75 Å². The maximum Gasteiger partial charge on any atom is 0.264 e. The van der Waals surface area contributed by atoms with Gasteiger partial charge in [0.2, 0.25) is 0 Å². The number of aliphatic imine (C=N–C) groups is 1. The number of halogens is 1. The van der Waals surface area contributed by atoms with Crippen molar-refractivity contribution in [2.45, 2.75) is 6.92 Å². The molecule has 0 aliphatic carbocycles. The Bertz CT molecular complexity index is 1120. The van der Waals surface area contributed by atoms with Gasteiger partial charge in [-0.15, -0.1) is 0 Å². The fourth-order valence-electron chi connectivity index (χ4n) is 2.96. The van der Waals surface area contributed by atoms with E-state index in [2.05, 4.69) is 10.3 Å². The van der Waals surface area contributed by atoms with Gasteiger partial charge >= 0.3 is 0 Å². The van der Waals surface area contributed by atoms with Gasteiger partial charge in [-0.3, -0.25) is 4.79 Å². The second-order valence-electron chi connectivity index (χ2n) is 6.10. The summed E-state index contributed by atoms with van der Waals surface area (Å²) in [7, 11) is 0. The maximum atomic E-state index is 12.4. The number of nitrogens with one attached hydrogen (secondary N) is 1. The number of ether oxygens (including phenoxy) is 1. The van der Waals surface area contributed by atoms with E-state index in [4.69, 9.17) is 16.3 Å². The van der Waals surface area contributed by atoms with E-state index in [1.54, 1.807) is 24.3 Å². The third-order valence-electron chi connectivity index (χ3n) is 4.20. The molecule has 4 nitrogen and oxygen atoms in total. The molecule has 1 fully saturated rings. The Labute approximate surface area is 172 Å². The average Bonchev–Trinajstić information content (AvgIpc) is 3.03. The van der Waals surface area contributed by atoms with Crippen molar-refractivity contribution < 1.29 is 9.53 Å². The highest BCUT2D eigenvalue weighted by molar-refractivity contribution is 8.18. The Kier molecular flexibility index (Phi) is 5.37. The molecule has 0 radical (unpaired) electrons. The Morgan fingerprint density at radius 3 is 2.82 bits per heavy atom. The number of amides is 1. The van der Waals surface area contributed by atoms with Crippen LogP contribution in [0.2, 0.25) is 5.02 Å². The van der Waals surface area contributed by atoms with E-state index in [0.717, 1.165) is 22.0 Å². The molecule has 0 saturated carbocycles. The molecule has 0 aromatic heterocycles. The number of fused-ring (bicyclic) bond motifs is 1. The van der Waals surface area contributed by atoms with Crippen LogP contribution in [0.1, 0.15) is 12.5 Å². The van der Waals surface area contributed by atoms with Gasteiger partial charge in [-0.05, 0) is 54.4 Å². The van der Waals surface area contributed by atoms with Crippen LogP contribution in [0.15, 0.2) is 70.6 Å². The molecule has 0 spiro atoms. The van der Waals surface area contributed by atoms with Crippen LogP contribution in [-0.2, 0) is 4.79 Å². The van der Waals surface area contributed by atoms with Crippen molar-refractivity contribution in [1.29, 1.82) is 0 Å². The Balaban J connectivity index is 1.67. The SMILES string of the molecule is CCOc1ccc(Cl)cc1C=C1SC(=Nc2cccc3ccccc23)NC1=O. The minimum Gasteiger partial charge on any atom is -0.493 e. The molecule has 0 unspecified atom stereocenters. The van der Waals surface area contributed by atoms with Gasteiger partial charge in [-0.1, -0.05) is 48.0 Å². The number of carbonyl (C=O) groups excluding carboxylic acids is 1. The number of hydrogen-bond acceptors (Lipinski definition) is 4. The van der Waals surface area contributed by atoms with Crippen LogP contribution >= 0.6 is 23.4 Å². The first-order valence-corrected chi connectivity index (χ1v) is 10.0. The molecular weight excluding hydrogens is 392 g/mol. The topological polar surface area (TPSA) is 50.7 Å². The molecule has 1 amide bonds. The molecule has 28 heavy (non-hydrogen) atoms. The molecule has 3 aromatic rings. The van der Waals surface area contributed by atoms with E-state index in [1.165, 1.54) is 11.8 Å². The van der Waals surface area contributed by atoms with Gasteiger partial charge in [0.15, 0.2) is 5.17 Å². The number of nitrogens with zero attached hydrogens (tertiary/aromatic N) is 1. The summed E-state index contributed by atoms with van der Waals surface area (Å²) < 4.78 is 5.63. The normalized spacial score (nSPS) is 16.7. The molecule has 1 saturated heterocycles. The molecule has 6 heteroatoms. The average molecular weight is 409 g/mol. The highest BCUT2D eigenvalue weighted by atomic mass is 35.5. The lowest BCUT2D eigenvalue weighted by molar-refractivity contribution is -0.115. The first kappa shape index (κ1) is 18.6. The summed E-state index contributed by atoms with van der Waals surface area (Å²) in [5.74, 6) is 0.499. The van der Waals surface area contributed by atoms with Crippen LogP contribution in [0.4, 0.5) is 5.69 Å². The number of rotatable bonds is 4. The van der Waals surface area contributed by atoms with Gasteiger partial charge in [0.05, 0.1) is 17.2 Å². The van der Waals surface area contributed by atoms with Crippen LogP contribution in [0.3, 0.4) is 0 Å². The molecule has 0 atom stereocenters. The van der Waals surface area contributed by atoms with Gasteiger partial charge in [-0.2, -0.15) is 0 Å². The van der Waals surface area contributed by atoms with Crippen molar-refractivity contribution in [3.05, 3.63) is 76.2 Å². The number of hydrogen-bond donors (Lipinski definition) is 1. The van der Waals surface area contributed by atoms with Gasteiger partial charge in [0.25, 0.3) is 5.91 Å². The molecule has 1 N–H and O–H groups in total. The summed E-state index contributed by atoms with van der Waals surface area (Å²) in [5.41, 5.74) is 1.58. The molecule has 1 aliphatic rings. The Morgan fingerprint density at radius 2 is 1.96 bits per heavy atom. The molecule has 3 aromatic carbocycles. The molecule has 0 bridgehead atoms. The first-order valence-electron chi connectivity index (χ1n) is 8.84. The summed E-state index contributed by atoms with van der Waals surface area (Å²) in [6.07, 6.45) is 1.78. The lowest BCUT2D eigenvalue weighted by Gasteiger charge is -2.07. The molecule has 4 rings (SSSR count). The molecule has 140 valence electrons. The van der Waals surface area contributed by atoms with Crippen molar-refractivity contribution in [3.8, 4) is 5.75 Å². The second-order valence-corrected chi connectivity index (χ2v) is 7.56. The fourth-order valence-corrected chi connectivity index (χ4v) is 3.96. The quantitative estimate of drug-likeness (QED) is 0.556. The van der Waals surface area contributed by atoms with E-state index in [-0.39, 0.29) is 5.91 Å². The highest BCUT2D eigenvalue weighted by Crippen LogP contribution is 2.33. The Morgan fingerprint density at radius 1 is 1.14 bits per heavy atom. The largest absolute Gasteiger partial charge is 0.493 e. The maximum absolute atomic E-state index is 12.4. The number of carbonyl (C=O) groups is 1. The number of amidine groups is 1. The monoisotopic (exact) mass is 408 g/mol. The van der Waals surface area contributed by atoms with E-state index in [1.807, 2.05) is 49.4 Å². The lowest BCUT2D eigenvalue weighted by Crippen LogP contribution is -2.19. The standard InChI is InChI=1S/C22H17ClN2O2S/c1-2-27-19-11-10-16(23)12-15(19)13-20-21(26)25-22(28-20)24-18-9-5-7-14-6-3-4-8-17(14)18/h3-13H,2H2,1H3,(H,24,25,26). The van der Waals surface area contributed by atoms with E-state index < -0.39 is 0 Å². The predicted molar refractivity (Wildman–Crippen MR) is 117 cm³/mol. The van der Waals surface area contributed by atoms with Gasteiger partial charge < -0.3 is 10.1 Å². The van der Waals surface area contributed by atoms with Crippen LogP contribution in [-0.4, -0.2) is 17.7 Å². The van der Waals surface area contributed by atoms with E-state index in [9.17, 15) is 4.79 Å². The van der Waals surface area contributed by atoms with Crippen LogP contribution in [0.25, 0.3) is 16.8 Å². The fraction of sp³-hybridized carbons (Fsp3) is 0.0909. The van der Waals surface area contributed by atoms with Gasteiger partial charge in [0, 0.05) is 16.0 Å². The van der Waals surface area contributed by atoms with Crippen molar-refractivity contribution in [1.82, 2.24) is 5.32 Å². The Hall–Kier alpha value is -2.76. The molecular formula is C22H17ClN2O2S. The summed E-state index contributed by atoms with van der Waals surface area (Å²) in [6, 6.07) is 19.3. The summed E-state index contributed by atoms with van der Waals surface area (Å²) in [5, 5.41) is 6.12. The molecule has 1 heterocycles. The minimum atomic E-state index is -0.189. The third-order valence-corrected chi connectivity index (χ3v) is 5.34. The van der Waals surface area contributed by atoms with E-state index in [0.29, 0.717) is 27.5 Å². The van der Waals surface area contributed by atoms with Crippen LogP contribution < -0.4 is 10.1 Å². The first-order chi connectivity index (χ1) is 13.6.